The zero-order chi connectivity index (χ0) is 12.4. The van der Waals surface area contributed by atoms with Gasteiger partial charge in [-0.3, -0.25) is 0 Å². The highest BCUT2D eigenvalue weighted by molar-refractivity contribution is 7.19. The van der Waals surface area contributed by atoms with Gasteiger partial charge in [-0.15, -0.1) is 0 Å². The summed E-state index contributed by atoms with van der Waals surface area (Å²) < 4.78 is 5.28. The molecular formula is C13H11N3OS. The van der Waals surface area contributed by atoms with Crippen molar-refractivity contribution in [2.45, 2.75) is 0 Å². The van der Waals surface area contributed by atoms with Gasteiger partial charge in [0.15, 0.2) is 5.01 Å². The Bertz CT molecular complexity index is 632. The maximum atomic E-state index is 5.28. The van der Waals surface area contributed by atoms with Crippen LogP contribution in [-0.2, 0) is 0 Å². The van der Waals surface area contributed by atoms with E-state index in [1.54, 1.807) is 12.5 Å². The van der Waals surface area contributed by atoms with Crippen molar-refractivity contribution in [2.75, 3.05) is 12.4 Å². The Hall–Kier alpha value is -2.14. The molecular weight excluding hydrogens is 246 g/mol. The van der Waals surface area contributed by atoms with Gasteiger partial charge in [0, 0.05) is 12.6 Å². The molecule has 1 N–H and O–H groups in total. The summed E-state index contributed by atoms with van der Waals surface area (Å²) in [7, 11) is 1.89. The van der Waals surface area contributed by atoms with Gasteiger partial charge in [-0.05, 0) is 0 Å². The second-order valence-electron chi connectivity index (χ2n) is 3.65. The van der Waals surface area contributed by atoms with Crippen molar-refractivity contribution in [3.63, 3.8) is 0 Å². The minimum absolute atomic E-state index is 0.554. The molecule has 3 aromatic rings. The SMILES string of the molecule is CNc1sc(-c2ncco2)nc1-c1ccccc1. The number of hydrogen-bond acceptors (Lipinski definition) is 5. The van der Waals surface area contributed by atoms with Crippen LogP contribution in [0.15, 0.2) is 47.2 Å². The molecule has 18 heavy (non-hydrogen) atoms. The fourth-order valence-corrected chi connectivity index (χ4v) is 2.58. The zero-order valence-corrected chi connectivity index (χ0v) is 10.6. The van der Waals surface area contributed by atoms with E-state index in [0.29, 0.717) is 5.89 Å². The maximum Gasteiger partial charge on any atom is 0.255 e. The number of rotatable bonds is 3. The summed E-state index contributed by atoms with van der Waals surface area (Å²) in [6, 6.07) is 10.1. The quantitative estimate of drug-likeness (QED) is 0.780. The summed E-state index contributed by atoms with van der Waals surface area (Å²) >= 11 is 1.53. The largest absolute Gasteiger partial charge is 0.443 e. The second kappa shape index (κ2) is 4.62. The molecule has 2 heterocycles. The van der Waals surface area contributed by atoms with Crippen LogP contribution in [0, 0.1) is 0 Å². The molecule has 3 rings (SSSR count). The summed E-state index contributed by atoms with van der Waals surface area (Å²) in [5.74, 6) is 0.554. The van der Waals surface area contributed by atoms with Crippen LogP contribution in [0.1, 0.15) is 0 Å². The predicted molar refractivity (Wildman–Crippen MR) is 72.6 cm³/mol. The summed E-state index contributed by atoms with van der Waals surface area (Å²) in [5, 5.41) is 4.95. The third-order valence-electron chi connectivity index (χ3n) is 2.52. The van der Waals surface area contributed by atoms with E-state index >= 15 is 0 Å². The van der Waals surface area contributed by atoms with Crippen LogP contribution in [0.3, 0.4) is 0 Å². The van der Waals surface area contributed by atoms with Gasteiger partial charge in [0.05, 0.1) is 6.20 Å². The van der Waals surface area contributed by atoms with Crippen molar-refractivity contribution in [3.8, 4) is 22.2 Å². The monoisotopic (exact) mass is 257 g/mol. The van der Waals surface area contributed by atoms with Crippen LogP contribution in [0.4, 0.5) is 5.00 Å². The third kappa shape index (κ3) is 1.89. The van der Waals surface area contributed by atoms with Gasteiger partial charge in [0.2, 0.25) is 0 Å². The van der Waals surface area contributed by atoms with Gasteiger partial charge in [-0.1, -0.05) is 41.7 Å². The smallest absolute Gasteiger partial charge is 0.255 e. The molecule has 0 spiro atoms. The first kappa shape index (κ1) is 11.0. The van der Waals surface area contributed by atoms with E-state index in [4.69, 9.17) is 4.42 Å². The second-order valence-corrected chi connectivity index (χ2v) is 4.65. The molecule has 0 fully saturated rings. The van der Waals surface area contributed by atoms with E-state index in [-0.39, 0.29) is 0 Å². The molecule has 0 atom stereocenters. The molecule has 1 aromatic carbocycles. The normalized spacial score (nSPS) is 10.5. The lowest BCUT2D eigenvalue weighted by atomic mass is 10.2. The minimum Gasteiger partial charge on any atom is -0.443 e. The van der Waals surface area contributed by atoms with Crippen molar-refractivity contribution < 1.29 is 4.42 Å². The minimum atomic E-state index is 0.554. The van der Waals surface area contributed by atoms with Crippen LogP contribution in [0.2, 0.25) is 0 Å². The Morgan fingerprint density at radius 1 is 1.22 bits per heavy atom. The van der Waals surface area contributed by atoms with Crippen molar-refractivity contribution >= 4 is 16.3 Å². The van der Waals surface area contributed by atoms with Crippen LogP contribution in [-0.4, -0.2) is 17.0 Å². The fraction of sp³-hybridized carbons (Fsp3) is 0.0769. The third-order valence-corrected chi connectivity index (χ3v) is 3.58. The van der Waals surface area contributed by atoms with Crippen LogP contribution >= 0.6 is 11.3 Å². The first-order chi connectivity index (χ1) is 8.88. The Kier molecular flexibility index (Phi) is 2.82. The first-order valence-electron chi connectivity index (χ1n) is 5.52. The highest BCUT2D eigenvalue weighted by Gasteiger charge is 2.15. The lowest BCUT2D eigenvalue weighted by Gasteiger charge is -1.99. The Balaban J connectivity index is 2.10. The van der Waals surface area contributed by atoms with Gasteiger partial charge >= 0.3 is 0 Å². The molecule has 0 radical (unpaired) electrons. The summed E-state index contributed by atoms with van der Waals surface area (Å²) in [4.78, 5) is 8.72. The van der Waals surface area contributed by atoms with Crippen molar-refractivity contribution in [1.29, 1.82) is 0 Å². The van der Waals surface area contributed by atoms with E-state index in [9.17, 15) is 0 Å². The Morgan fingerprint density at radius 3 is 2.72 bits per heavy atom. The summed E-state index contributed by atoms with van der Waals surface area (Å²) in [5.41, 5.74) is 2.01. The molecule has 2 aromatic heterocycles. The van der Waals surface area contributed by atoms with E-state index in [0.717, 1.165) is 21.3 Å². The van der Waals surface area contributed by atoms with Gasteiger partial charge < -0.3 is 9.73 Å². The lowest BCUT2D eigenvalue weighted by Crippen LogP contribution is -1.87. The summed E-state index contributed by atoms with van der Waals surface area (Å²) in [6.45, 7) is 0. The van der Waals surface area contributed by atoms with Crippen LogP contribution in [0.25, 0.3) is 22.2 Å². The standard InChI is InChI=1S/C13H11N3OS/c1-14-12-10(9-5-3-2-4-6-9)16-13(18-12)11-15-7-8-17-11/h2-8,14H,1H3. The number of nitrogens with zero attached hydrogens (tertiary/aromatic N) is 2. The molecule has 0 amide bonds. The van der Waals surface area contributed by atoms with Gasteiger partial charge in [0.25, 0.3) is 5.89 Å². The molecule has 0 saturated heterocycles. The molecule has 0 bridgehead atoms. The van der Waals surface area contributed by atoms with Gasteiger partial charge in [-0.2, -0.15) is 0 Å². The predicted octanol–water partition coefficient (Wildman–Crippen LogP) is 3.51. The molecule has 0 aliphatic rings. The Morgan fingerprint density at radius 2 is 2.06 bits per heavy atom. The Labute approximate surface area is 108 Å². The highest BCUT2D eigenvalue weighted by atomic mass is 32.1. The van der Waals surface area contributed by atoms with Crippen molar-refractivity contribution in [1.82, 2.24) is 9.97 Å². The number of hydrogen-bond donors (Lipinski definition) is 1. The average Bonchev–Trinajstić information content (AvgIpc) is 3.08. The number of benzene rings is 1. The molecule has 0 saturated carbocycles. The topological polar surface area (TPSA) is 51.0 Å². The van der Waals surface area contributed by atoms with Gasteiger partial charge in [-0.25, -0.2) is 9.97 Å². The average molecular weight is 257 g/mol. The van der Waals surface area contributed by atoms with Crippen molar-refractivity contribution in [3.05, 3.63) is 42.8 Å². The van der Waals surface area contributed by atoms with E-state index < -0.39 is 0 Å². The van der Waals surface area contributed by atoms with E-state index in [2.05, 4.69) is 15.3 Å². The highest BCUT2D eigenvalue weighted by Crippen LogP contribution is 2.36. The fourth-order valence-electron chi connectivity index (χ4n) is 1.70. The van der Waals surface area contributed by atoms with Crippen molar-refractivity contribution in [2.24, 2.45) is 0 Å². The van der Waals surface area contributed by atoms with Crippen LogP contribution < -0.4 is 5.32 Å². The lowest BCUT2D eigenvalue weighted by molar-refractivity contribution is 0.574. The van der Waals surface area contributed by atoms with E-state index in [1.807, 2.05) is 37.4 Å². The van der Waals surface area contributed by atoms with Gasteiger partial charge in [0.1, 0.15) is 17.0 Å². The number of thiazole rings is 1. The molecule has 4 nitrogen and oxygen atoms in total. The number of aromatic nitrogens is 2. The summed E-state index contributed by atoms with van der Waals surface area (Å²) in [6.07, 6.45) is 3.18. The molecule has 5 heteroatoms. The molecule has 0 aliphatic heterocycles. The molecule has 0 aliphatic carbocycles. The zero-order valence-electron chi connectivity index (χ0n) is 9.75. The van der Waals surface area contributed by atoms with E-state index in [1.165, 1.54) is 11.3 Å². The molecule has 0 unspecified atom stereocenters. The maximum absolute atomic E-state index is 5.28. The number of anilines is 1. The van der Waals surface area contributed by atoms with Crippen LogP contribution in [0.5, 0.6) is 0 Å². The number of nitrogens with one attached hydrogen (secondary N) is 1. The first-order valence-corrected chi connectivity index (χ1v) is 6.34. The molecule has 90 valence electrons. The number of oxazole rings is 1.